The van der Waals surface area contributed by atoms with Crippen molar-refractivity contribution in [3.05, 3.63) is 0 Å². The molecular weight excluding hydrogens is 166 g/mol. The minimum atomic E-state index is 0.600. The lowest BCUT2D eigenvalue weighted by Gasteiger charge is -2.14. The number of nitrogens with zero attached hydrogens (tertiary/aromatic N) is 1. The SMILES string of the molecule is CCCCCCN([C]=O)CCOC. The maximum absolute atomic E-state index is 10.4. The summed E-state index contributed by atoms with van der Waals surface area (Å²) in [6, 6.07) is 0. The third-order valence-corrected chi connectivity index (χ3v) is 1.98. The Morgan fingerprint density at radius 1 is 1.23 bits per heavy atom. The molecule has 0 atom stereocenters. The standard InChI is InChI=1S/C10H20NO2/c1-3-4-5-6-7-11(10-12)8-9-13-2/h3-9H2,1-2H3. The molecule has 3 heteroatoms. The van der Waals surface area contributed by atoms with E-state index < -0.39 is 0 Å². The molecule has 13 heavy (non-hydrogen) atoms. The zero-order valence-electron chi connectivity index (χ0n) is 8.71. The Balaban J connectivity index is 3.31. The first-order valence-corrected chi connectivity index (χ1v) is 4.96. The first kappa shape index (κ1) is 12.4. The van der Waals surface area contributed by atoms with E-state index >= 15 is 0 Å². The Kier molecular flexibility index (Phi) is 9.10. The van der Waals surface area contributed by atoms with E-state index in [2.05, 4.69) is 6.92 Å². The summed E-state index contributed by atoms with van der Waals surface area (Å²) in [5, 5.41) is 0. The predicted molar refractivity (Wildman–Crippen MR) is 53.3 cm³/mol. The molecule has 0 fully saturated rings. The molecule has 0 aliphatic rings. The molecule has 0 rings (SSSR count). The number of methoxy groups -OCH3 is 1. The van der Waals surface area contributed by atoms with Gasteiger partial charge in [0.15, 0.2) is 0 Å². The quantitative estimate of drug-likeness (QED) is 0.404. The average Bonchev–Trinajstić information content (AvgIpc) is 2.17. The van der Waals surface area contributed by atoms with Crippen LogP contribution in [0, 0.1) is 0 Å². The van der Waals surface area contributed by atoms with Crippen molar-refractivity contribution in [3.63, 3.8) is 0 Å². The van der Waals surface area contributed by atoms with Crippen LogP contribution in [0.15, 0.2) is 0 Å². The number of hydrogen-bond acceptors (Lipinski definition) is 2. The molecule has 0 aromatic heterocycles. The van der Waals surface area contributed by atoms with Crippen molar-refractivity contribution in [3.8, 4) is 0 Å². The van der Waals surface area contributed by atoms with Gasteiger partial charge in [-0.2, -0.15) is 0 Å². The van der Waals surface area contributed by atoms with E-state index in [0.29, 0.717) is 13.2 Å². The van der Waals surface area contributed by atoms with E-state index in [1.165, 1.54) is 19.3 Å². The molecule has 1 radical (unpaired) electrons. The molecule has 0 saturated heterocycles. The Morgan fingerprint density at radius 2 is 2.00 bits per heavy atom. The lowest BCUT2D eigenvalue weighted by Crippen LogP contribution is -2.26. The lowest BCUT2D eigenvalue weighted by molar-refractivity contribution is 0.173. The van der Waals surface area contributed by atoms with Crippen LogP contribution in [-0.4, -0.2) is 38.1 Å². The van der Waals surface area contributed by atoms with Gasteiger partial charge < -0.3 is 9.64 Å². The van der Waals surface area contributed by atoms with Gasteiger partial charge >= 0.3 is 6.41 Å². The van der Waals surface area contributed by atoms with Gasteiger partial charge in [0.25, 0.3) is 0 Å². The summed E-state index contributed by atoms with van der Waals surface area (Å²) in [5.41, 5.74) is 0. The largest absolute Gasteiger partial charge is 0.383 e. The molecule has 0 aliphatic carbocycles. The van der Waals surface area contributed by atoms with Crippen molar-refractivity contribution >= 4 is 6.41 Å². The van der Waals surface area contributed by atoms with Gasteiger partial charge in [0.05, 0.1) is 6.61 Å². The van der Waals surface area contributed by atoms with Crippen LogP contribution in [0.3, 0.4) is 0 Å². The highest BCUT2D eigenvalue weighted by atomic mass is 16.5. The fourth-order valence-corrected chi connectivity index (χ4v) is 1.13. The molecule has 0 N–H and O–H groups in total. The Hall–Kier alpha value is -0.570. The maximum Gasteiger partial charge on any atom is 0.312 e. The Bertz CT molecular complexity index is 117. The summed E-state index contributed by atoms with van der Waals surface area (Å²) in [7, 11) is 1.64. The number of rotatable bonds is 9. The smallest absolute Gasteiger partial charge is 0.312 e. The van der Waals surface area contributed by atoms with Crippen LogP contribution in [0.2, 0.25) is 0 Å². The predicted octanol–water partition coefficient (Wildman–Crippen LogP) is 1.58. The Labute approximate surface area is 81.1 Å². The van der Waals surface area contributed by atoms with Crippen molar-refractivity contribution in [2.45, 2.75) is 32.6 Å². The summed E-state index contributed by atoms with van der Waals surface area (Å²) in [6.45, 7) is 4.25. The van der Waals surface area contributed by atoms with Gasteiger partial charge in [-0.1, -0.05) is 26.2 Å². The number of hydrogen-bond donors (Lipinski definition) is 0. The molecular formula is C10H20NO2. The van der Waals surface area contributed by atoms with E-state index in [0.717, 1.165) is 13.0 Å². The third kappa shape index (κ3) is 7.78. The first-order valence-electron chi connectivity index (χ1n) is 4.96. The van der Waals surface area contributed by atoms with Crippen molar-refractivity contribution < 1.29 is 9.53 Å². The normalized spacial score (nSPS) is 10.0. The van der Waals surface area contributed by atoms with Crippen molar-refractivity contribution in [2.75, 3.05) is 26.8 Å². The van der Waals surface area contributed by atoms with Crippen LogP contribution in [-0.2, 0) is 9.53 Å². The summed E-state index contributed by atoms with van der Waals surface area (Å²) < 4.78 is 4.88. The van der Waals surface area contributed by atoms with E-state index in [9.17, 15) is 4.79 Å². The van der Waals surface area contributed by atoms with Crippen molar-refractivity contribution in [1.82, 2.24) is 4.90 Å². The number of amides is 1. The van der Waals surface area contributed by atoms with Crippen LogP contribution in [0.1, 0.15) is 32.6 Å². The first-order chi connectivity index (χ1) is 6.35. The fraction of sp³-hybridized carbons (Fsp3) is 0.900. The average molecular weight is 186 g/mol. The topological polar surface area (TPSA) is 29.5 Å². The van der Waals surface area contributed by atoms with E-state index in [1.54, 1.807) is 12.0 Å². The third-order valence-electron chi connectivity index (χ3n) is 1.98. The highest BCUT2D eigenvalue weighted by Crippen LogP contribution is 1.99. The molecule has 0 saturated carbocycles. The van der Waals surface area contributed by atoms with Crippen LogP contribution in [0.4, 0.5) is 0 Å². The Morgan fingerprint density at radius 3 is 2.54 bits per heavy atom. The monoisotopic (exact) mass is 186 g/mol. The highest BCUT2D eigenvalue weighted by Gasteiger charge is 2.00. The molecule has 3 nitrogen and oxygen atoms in total. The number of ether oxygens (including phenoxy) is 1. The van der Waals surface area contributed by atoms with Gasteiger partial charge in [0.1, 0.15) is 0 Å². The zero-order valence-corrected chi connectivity index (χ0v) is 8.71. The summed E-state index contributed by atoms with van der Waals surface area (Å²) in [4.78, 5) is 12.1. The van der Waals surface area contributed by atoms with Crippen LogP contribution in [0.25, 0.3) is 0 Å². The second-order valence-electron chi connectivity index (χ2n) is 3.13. The molecule has 1 amide bonds. The summed E-state index contributed by atoms with van der Waals surface area (Å²) in [6.07, 6.45) is 6.66. The lowest BCUT2D eigenvalue weighted by atomic mass is 10.2. The molecule has 0 aliphatic heterocycles. The number of unbranched alkanes of at least 4 members (excludes halogenated alkanes) is 3. The number of carbonyl (C=O) groups excluding carboxylic acids is 1. The van der Waals surface area contributed by atoms with Crippen LogP contribution in [0.5, 0.6) is 0 Å². The van der Waals surface area contributed by atoms with Crippen molar-refractivity contribution in [1.29, 1.82) is 0 Å². The van der Waals surface area contributed by atoms with Gasteiger partial charge in [-0.25, -0.2) is 0 Å². The van der Waals surface area contributed by atoms with Gasteiger partial charge in [-0.15, -0.1) is 0 Å². The minimum Gasteiger partial charge on any atom is -0.383 e. The van der Waals surface area contributed by atoms with Crippen molar-refractivity contribution in [2.24, 2.45) is 0 Å². The second-order valence-corrected chi connectivity index (χ2v) is 3.13. The van der Waals surface area contributed by atoms with E-state index in [4.69, 9.17) is 4.74 Å². The molecule has 77 valence electrons. The summed E-state index contributed by atoms with van der Waals surface area (Å²) >= 11 is 0. The summed E-state index contributed by atoms with van der Waals surface area (Å²) in [5.74, 6) is 0. The molecule has 0 spiro atoms. The molecule has 0 aromatic carbocycles. The fourth-order valence-electron chi connectivity index (χ4n) is 1.13. The van der Waals surface area contributed by atoms with E-state index in [1.807, 2.05) is 6.41 Å². The second kappa shape index (κ2) is 9.52. The maximum atomic E-state index is 10.4. The van der Waals surface area contributed by atoms with Crippen LogP contribution < -0.4 is 0 Å². The minimum absolute atomic E-state index is 0.600. The zero-order chi connectivity index (χ0) is 9.94. The van der Waals surface area contributed by atoms with Gasteiger partial charge in [-0.05, 0) is 6.42 Å². The van der Waals surface area contributed by atoms with E-state index in [-0.39, 0.29) is 0 Å². The van der Waals surface area contributed by atoms with Gasteiger partial charge in [0.2, 0.25) is 0 Å². The molecule has 0 heterocycles. The van der Waals surface area contributed by atoms with Gasteiger partial charge in [-0.3, -0.25) is 4.79 Å². The highest BCUT2D eigenvalue weighted by molar-refractivity contribution is 5.47. The molecule has 0 unspecified atom stereocenters. The van der Waals surface area contributed by atoms with Crippen LogP contribution >= 0.6 is 0 Å². The molecule has 0 bridgehead atoms. The molecule has 0 aromatic rings. The van der Waals surface area contributed by atoms with Gasteiger partial charge in [0, 0.05) is 20.2 Å².